The van der Waals surface area contributed by atoms with Gasteiger partial charge in [0, 0.05) is 12.6 Å². The second kappa shape index (κ2) is 11.1. The summed E-state index contributed by atoms with van der Waals surface area (Å²) in [6.07, 6.45) is 6.11. The highest BCUT2D eigenvalue weighted by atomic mass is 16.2. The van der Waals surface area contributed by atoms with E-state index in [9.17, 15) is 9.59 Å². The molecule has 0 bridgehead atoms. The van der Waals surface area contributed by atoms with Crippen LogP contribution in [0.1, 0.15) is 61.3 Å². The standard InChI is InChI=1S/C27H36N2O2/c1-4-25(27(31)28-24-12-8-9-13-24)29(17-16-22-10-6-5-7-11-22)26(30)19-23-15-14-20(2)21(3)18-23/h5-7,10-11,14-15,18,24-25H,4,8-9,12-13,16-17,19H2,1-3H3,(H,28,31)/t25-/m0/s1. The molecule has 0 saturated heterocycles. The highest BCUT2D eigenvalue weighted by Crippen LogP contribution is 2.19. The number of aryl methyl sites for hydroxylation is 2. The average molecular weight is 421 g/mol. The fraction of sp³-hybridized carbons (Fsp3) is 0.481. The SMILES string of the molecule is CC[C@@H](C(=O)NC1CCCC1)N(CCc1ccccc1)C(=O)Cc1ccc(C)c(C)c1. The Balaban J connectivity index is 1.76. The molecule has 0 heterocycles. The van der Waals surface area contributed by atoms with Crippen LogP contribution in [-0.2, 0) is 22.4 Å². The molecule has 4 heteroatoms. The van der Waals surface area contributed by atoms with E-state index in [0.29, 0.717) is 19.4 Å². The molecule has 1 saturated carbocycles. The van der Waals surface area contributed by atoms with Gasteiger partial charge in [0.05, 0.1) is 6.42 Å². The molecule has 1 atom stereocenters. The van der Waals surface area contributed by atoms with Crippen LogP contribution < -0.4 is 5.32 Å². The van der Waals surface area contributed by atoms with Gasteiger partial charge in [-0.3, -0.25) is 9.59 Å². The van der Waals surface area contributed by atoms with Crippen molar-refractivity contribution in [2.24, 2.45) is 0 Å². The minimum absolute atomic E-state index is 0.00380. The zero-order valence-corrected chi connectivity index (χ0v) is 19.2. The lowest BCUT2D eigenvalue weighted by atomic mass is 10.0. The van der Waals surface area contributed by atoms with Gasteiger partial charge < -0.3 is 10.2 Å². The maximum atomic E-state index is 13.4. The highest BCUT2D eigenvalue weighted by molar-refractivity contribution is 5.88. The second-order valence-electron chi connectivity index (χ2n) is 8.83. The van der Waals surface area contributed by atoms with Crippen molar-refractivity contribution in [3.8, 4) is 0 Å². The molecule has 1 fully saturated rings. The number of benzene rings is 2. The molecular formula is C27H36N2O2. The van der Waals surface area contributed by atoms with E-state index >= 15 is 0 Å². The molecule has 0 spiro atoms. The van der Waals surface area contributed by atoms with Crippen LogP contribution in [0.3, 0.4) is 0 Å². The van der Waals surface area contributed by atoms with Gasteiger partial charge >= 0.3 is 0 Å². The minimum atomic E-state index is -0.427. The fourth-order valence-corrected chi connectivity index (χ4v) is 4.45. The lowest BCUT2D eigenvalue weighted by Gasteiger charge is -2.31. The Hall–Kier alpha value is -2.62. The van der Waals surface area contributed by atoms with Crippen LogP contribution >= 0.6 is 0 Å². The van der Waals surface area contributed by atoms with E-state index in [1.165, 1.54) is 29.5 Å². The van der Waals surface area contributed by atoms with Crippen molar-refractivity contribution in [1.29, 1.82) is 0 Å². The molecule has 1 aliphatic rings. The molecule has 1 aliphatic carbocycles. The molecule has 166 valence electrons. The summed E-state index contributed by atoms with van der Waals surface area (Å²) in [5.74, 6) is 0.0171. The molecule has 0 unspecified atom stereocenters. The minimum Gasteiger partial charge on any atom is -0.352 e. The van der Waals surface area contributed by atoms with Crippen molar-refractivity contribution in [3.05, 3.63) is 70.8 Å². The Labute approximate surface area is 187 Å². The van der Waals surface area contributed by atoms with Gasteiger partial charge in [0.1, 0.15) is 6.04 Å². The van der Waals surface area contributed by atoms with Crippen molar-refractivity contribution in [2.75, 3.05) is 6.54 Å². The number of carbonyl (C=O) groups excluding carboxylic acids is 2. The summed E-state index contributed by atoms with van der Waals surface area (Å²) < 4.78 is 0. The summed E-state index contributed by atoms with van der Waals surface area (Å²) in [6.45, 7) is 6.69. The third-order valence-electron chi connectivity index (χ3n) is 6.50. The Kier molecular flexibility index (Phi) is 8.27. The fourth-order valence-electron chi connectivity index (χ4n) is 4.45. The first-order valence-electron chi connectivity index (χ1n) is 11.7. The Bertz CT molecular complexity index is 872. The zero-order chi connectivity index (χ0) is 22.2. The van der Waals surface area contributed by atoms with Gasteiger partial charge in [-0.15, -0.1) is 0 Å². The molecule has 2 aromatic carbocycles. The van der Waals surface area contributed by atoms with Crippen LogP contribution in [0, 0.1) is 13.8 Å². The highest BCUT2D eigenvalue weighted by Gasteiger charge is 2.30. The van der Waals surface area contributed by atoms with Gasteiger partial charge in [0.25, 0.3) is 0 Å². The first kappa shape index (κ1) is 23.1. The molecule has 1 N–H and O–H groups in total. The molecule has 31 heavy (non-hydrogen) atoms. The monoisotopic (exact) mass is 420 g/mol. The molecule has 0 aromatic heterocycles. The van der Waals surface area contributed by atoms with Crippen LogP contribution in [-0.4, -0.2) is 35.3 Å². The first-order chi connectivity index (χ1) is 15.0. The third kappa shape index (κ3) is 6.43. The Morgan fingerprint density at radius 2 is 1.71 bits per heavy atom. The number of hydrogen-bond donors (Lipinski definition) is 1. The summed E-state index contributed by atoms with van der Waals surface area (Å²) in [5.41, 5.74) is 4.59. The molecule has 0 radical (unpaired) electrons. The van der Waals surface area contributed by atoms with Crippen LogP contribution in [0.15, 0.2) is 48.5 Å². The average Bonchev–Trinajstić information content (AvgIpc) is 3.27. The number of carbonyl (C=O) groups is 2. The van der Waals surface area contributed by atoms with Crippen molar-refractivity contribution < 1.29 is 9.59 Å². The normalized spacial score (nSPS) is 14.9. The molecule has 4 nitrogen and oxygen atoms in total. The lowest BCUT2D eigenvalue weighted by Crippen LogP contribution is -2.52. The van der Waals surface area contributed by atoms with E-state index in [1.807, 2.05) is 36.1 Å². The summed E-state index contributed by atoms with van der Waals surface area (Å²) >= 11 is 0. The molecule has 2 amide bonds. The second-order valence-corrected chi connectivity index (χ2v) is 8.83. The molecular weight excluding hydrogens is 384 g/mol. The van der Waals surface area contributed by atoms with Gasteiger partial charge in [0.15, 0.2) is 0 Å². The lowest BCUT2D eigenvalue weighted by molar-refractivity contribution is -0.140. The van der Waals surface area contributed by atoms with E-state index in [1.54, 1.807) is 0 Å². The van der Waals surface area contributed by atoms with Gasteiger partial charge in [0.2, 0.25) is 11.8 Å². The van der Waals surface area contributed by atoms with Gasteiger partial charge in [-0.05, 0) is 61.8 Å². The van der Waals surface area contributed by atoms with E-state index in [-0.39, 0.29) is 17.9 Å². The van der Waals surface area contributed by atoms with E-state index < -0.39 is 6.04 Å². The Morgan fingerprint density at radius 3 is 2.35 bits per heavy atom. The number of amides is 2. The smallest absolute Gasteiger partial charge is 0.243 e. The van der Waals surface area contributed by atoms with Crippen molar-refractivity contribution in [2.45, 2.75) is 77.8 Å². The number of hydrogen-bond acceptors (Lipinski definition) is 2. The topological polar surface area (TPSA) is 49.4 Å². The Morgan fingerprint density at radius 1 is 1.00 bits per heavy atom. The quantitative estimate of drug-likeness (QED) is 0.636. The van der Waals surface area contributed by atoms with Gasteiger partial charge in [-0.25, -0.2) is 0 Å². The summed E-state index contributed by atoms with van der Waals surface area (Å²) in [6, 6.07) is 16.2. The predicted molar refractivity (Wildman–Crippen MR) is 126 cm³/mol. The van der Waals surface area contributed by atoms with Crippen LogP contribution in [0.25, 0.3) is 0 Å². The zero-order valence-electron chi connectivity index (χ0n) is 19.2. The van der Waals surface area contributed by atoms with E-state index in [2.05, 4.69) is 43.4 Å². The van der Waals surface area contributed by atoms with Crippen LogP contribution in [0.4, 0.5) is 0 Å². The first-order valence-corrected chi connectivity index (χ1v) is 11.7. The third-order valence-corrected chi connectivity index (χ3v) is 6.50. The van der Waals surface area contributed by atoms with Crippen molar-refractivity contribution in [1.82, 2.24) is 10.2 Å². The van der Waals surface area contributed by atoms with E-state index in [4.69, 9.17) is 0 Å². The number of nitrogens with one attached hydrogen (secondary N) is 1. The van der Waals surface area contributed by atoms with E-state index in [0.717, 1.165) is 24.8 Å². The summed E-state index contributed by atoms with van der Waals surface area (Å²) in [5, 5.41) is 3.21. The van der Waals surface area contributed by atoms with Crippen molar-refractivity contribution in [3.63, 3.8) is 0 Å². The molecule has 2 aromatic rings. The summed E-state index contributed by atoms with van der Waals surface area (Å²) in [7, 11) is 0. The number of nitrogens with zero attached hydrogens (tertiary/aromatic N) is 1. The largest absolute Gasteiger partial charge is 0.352 e. The number of rotatable bonds is 9. The van der Waals surface area contributed by atoms with Crippen LogP contribution in [0.2, 0.25) is 0 Å². The maximum Gasteiger partial charge on any atom is 0.243 e. The van der Waals surface area contributed by atoms with Crippen molar-refractivity contribution >= 4 is 11.8 Å². The summed E-state index contributed by atoms with van der Waals surface area (Å²) in [4.78, 5) is 28.4. The van der Waals surface area contributed by atoms with Gasteiger partial charge in [-0.2, -0.15) is 0 Å². The van der Waals surface area contributed by atoms with Crippen LogP contribution in [0.5, 0.6) is 0 Å². The maximum absolute atomic E-state index is 13.4. The van der Waals surface area contributed by atoms with Gasteiger partial charge in [-0.1, -0.05) is 68.3 Å². The molecule has 3 rings (SSSR count). The molecule has 0 aliphatic heterocycles. The predicted octanol–water partition coefficient (Wildman–Crippen LogP) is 4.75.